The molecule has 0 saturated carbocycles. The van der Waals surface area contributed by atoms with Gasteiger partial charge in [0, 0.05) is 6.42 Å². The lowest BCUT2D eigenvalue weighted by molar-refractivity contribution is -0.144. The highest BCUT2D eigenvalue weighted by molar-refractivity contribution is 5.85. The van der Waals surface area contributed by atoms with Crippen LogP contribution in [0, 0.1) is 5.92 Å². The molecule has 0 radical (unpaired) electrons. The number of ether oxygens (including phenoxy) is 1. The van der Waals surface area contributed by atoms with Crippen molar-refractivity contribution >= 4 is 18.4 Å². The number of nitrogens with two attached hydrogens (primary N) is 1. The lowest BCUT2D eigenvalue weighted by Gasteiger charge is -2.06. The average molecular weight is 182 g/mol. The molecular formula is C7H16ClNO2. The monoisotopic (exact) mass is 181 g/mol. The Labute approximate surface area is 73.7 Å². The molecule has 0 aromatic heterocycles. The Morgan fingerprint density at radius 2 is 2.18 bits per heavy atom. The molecule has 0 spiro atoms. The Balaban J connectivity index is 0. The average Bonchev–Trinajstić information content (AvgIpc) is 1.88. The minimum Gasteiger partial charge on any atom is -0.466 e. The SMILES string of the molecule is CCOC(=O)CC(C)CN.Cl. The van der Waals surface area contributed by atoms with Gasteiger partial charge in [0.2, 0.25) is 0 Å². The highest BCUT2D eigenvalue weighted by Gasteiger charge is 2.06. The van der Waals surface area contributed by atoms with Gasteiger partial charge in [0.1, 0.15) is 0 Å². The zero-order valence-corrected chi connectivity index (χ0v) is 7.82. The first kappa shape index (κ1) is 13.3. The fourth-order valence-corrected chi connectivity index (χ4v) is 0.588. The van der Waals surface area contributed by atoms with Gasteiger partial charge >= 0.3 is 5.97 Å². The van der Waals surface area contributed by atoms with Crippen LogP contribution in [0.3, 0.4) is 0 Å². The van der Waals surface area contributed by atoms with Crippen LogP contribution in [-0.4, -0.2) is 19.1 Å². The van der Waals surface area contributed by atoms with E-state index in [1.807, 2.05) is 6.92 Å². The van der Waals surface area contributed by atoms with Gasteiger partial charge in [-0.2, -0.15) is 0 Å². The van der Waals surface area contributed by atoms with E-state index in [0.29, 0.717) is 19.6 Å². The van der Waals surface area contributed by atoms with E-state index in [1.165, 1.54) is 0 Å². The molecule has 0 fully saturated rings. The Morgan fingerprint density at radius 3 is 2.55 bits per heavy atom. The predicted octanol–water partition coefficient (Wildman–Crippen LogP) is 0.956. The van der Waals surface area contributed by atoms with Gasteiger partial charge in [-0.1, -0.05) is 6.92 Å². The number of hydrogen-bond donors (Lipinski definition) is 1. The van der Waals surface area contributed by atoms with Gasteiger partial charge in [-0.25, -0.2) is 0 Å². The quantitative estimate of drug-likeness (QED) is 0.658. The summed E-state index contributed by atoms with van der Waals surface area (Å²) in [5.74, 6) is 0.0829. The standard InChI is InChI=1S/C7H15NO2.ClH/c1-3-10-7(9)4-6(2)5-8;/h6H,3-5,8H2,1-2H3;1H. The first-order valence-corrected chi connectivity index (χ1v) is 3.56. The zero-order chi connectivity index (χ0) is 7.98. The fraction of sp³-hybridized carbons (Fsp3) is 0.857. The van der Waals surface area contributed by atoms with Crippen molar-refractivity contribution in [3.05, 3.63) is 0 Å². The first-order valence-electron chi connectivity index (χ1n) is 3.56. The number of hydrogen-bond acceptors (Lipinski definition) is 3. The largest absolute Gasteiger partial charge is 0.466 e. The summed E-state index contributed by atoms with van der Waals surface area (Å²) in [6.45, 7) is 4.72. The molecule has 68 valence electrons. The second-order valence-electron chi connectivity index (χ2n) is 2.35. The van der Waals surface area contributed by atoms with E-state index in [0.717, 1.165) is 0 Å². The molecule has 0 aromatic carbocycles. The van der Waals surface area contributed by atoms with Crippen molar-refractivity contribution in [2.45, 2.75) is 20.3 Å². The molecule has 0 bridgehead atoms. The third-order valence-corrected chi connectivity index (χ3v) is 1.22. The number of esters is 1. The maximum absolute atomic E-state index is 10.7. The van der Waals surface area contributed by atoms with E-state index in [9.17, 15) is 4.79 Å². The number of carbonyl (C=O) groups excluding carboxylic acids is 1. The second-order valence-corrected chi connectivity index (χ2v) is 2.35. The first-order chi connectivity index (χ1) is 4.70. The lowest BCUT2D eigenvalue weighted by Crippen LogP contribution is -2.16. The molecule has 4 heteroatoms. The molecule has 11 heavy (non-hydrogen) atoms. The van der Waals surface area contributed by atoms with Crippen LogP contribution in [0.5, 0.6) is 0 Å². The van der Waals surface area contributed by atoms with Crippen molar-refractivity contribution in [3.8, 4) is 0 Å². The zero-order valence-electron chi connectivity index (χ0n) is 7.00. The Morgan fingerprint density at radius 1 is 1.64 bits per heavy atom. The maximum Gasteiger partial charge on any atom is 0.306 e. The van der Waals surface area contributed by atoms with Crippen molar-refractivity contribution in [2.24, 2.45) is 11.7 Å². The Hall–Kier alpha value is -0.280. The number of rotatable bonds is 4. The molecule has 0 saturated heterocycles. The summed E-state index contributed by atoms with van der Waals surface area (Å²) >= 11 is 0. The van der Waals surface area contributed by atoms with Crippen LogP contribution in [0.4, 0.5) is 0 Å². The molecule has 0 aromatic rings. The summed E-state index contributed by atoms with van der Waals surface area (Å²) in [7, 11) is 0. The summed E-state index contributed by atoms with van der Waals surface area (Å²) in [5.41, 5.74) is 5.31. The molecule has 0 aliphatic carbocycles. The molecule has 0 aliphatic rings. The van der Waals surface area contributed by atoms with Gasteiger partial charge < -0.3 is 10.5 Å². The third kappa shape index (κ3) is 7.62. The molecular weight excluding hydrogens is 166 g/mol. The van der Waals surface area contributed by atoms with Crippen LogP contribution < -0.4 is 5.73 Å². The number of halogens is 1. The van der Waals surface area contributed by atoms with E-state index >= 15 is 0 Å². The Bertz CT molecular complexity index is 109. The van der Waals surface area contributed by atoms with Crippen molar-refractivity contribution < 1.29 is 9.53 Å². The van der Waals surface area contributed by atoms with E-state index in [-0.39, 0.29) is 24.3 Å². The van der Waals surface area contributed by atoms with Crippen molar-refractivity contribution in [1.29, 1.82) is 0 Å². The van der Waals surface area contributed by atoms with Crippen LogP contribution in [0.2, 0.25) is 0 Å². The van der Waals surface area contributed by atoms with Gasteiger partial charge in [-0.3, -0.25) is 4.79 Å². The molecule has 1 unspecified atom stereocenters. The summed E-state index contributed by atoms with van der Waals surface area (Å²) in [4.78, 5) is 10.7. The minimum absolute atomic E-state index is 0. The predicted molar refractivity (Wildman–Crippen MR) is 46.7 cm³/mol. The third-order valence-electron chi connectivity index (χ3n) is 1.22. The molecule has 0 rings (SSSR count). The van der Waals surface area contributed by atoms with Crippen LogP contribution in [-0.2, 0) is 9.53 Å². The van der Waals surface area contributed by atoms with E-state index in [2.05, 4.69) is 0 Å². The van der Waals surface area contributed by atoms with Gasteiger partial charge in [0.05, 0.1) is 6.61 Å². The summed E-state index contributed by atoms with van der Waals surface area (Å²) in [6.07, 6.45) is 0.435. The smallest absolute Gasteiger partial charge is 0.306 e. The van der Waals surface area contributed by atoms with Crippen LogP contribution >= 0.6 is 12.4 Å². The molecule has 3 nitrogen and oxygen atoms in total. The fourth-order valence-electron chi connectivity index (χ4n) is 0.588. The molecule has 0 amide bonds. The molecule has 0 aliphatic heterocycles. The normalized spacial score (nSPS) is 11.5. The summed E-state index contributed by atoms with van der Waals surface area (Å²) in [5, 5.41) is 0. The van der Waals surface area contributed by atoms with Gasteiger partial charge in [0.15, 0.2) is 0 Å². The van der Waals surface area contributed by atoms with Crippen molar-refractivity contribution in [2.75, 3.05) is 13.2 Å². The minimum atomic E-state index is -0.152. The van der Waals surface area contributed by atoms with Crippen LogP contribution in [0.1, 0.15) is 20.3 Å². The highest BCUT2D eigenvalue weighted by atomic mass is 35.5. The van der Waals surface area contributed by atoms with Crippen LogP contribution in [0.15, 0.2) is 0 Å². The van der Waals surface area contributed by atoms with Crippen molar-refractivity contribution in [3.63, 3.8) is 0 Å². The Kier molecular flexibility index (Phi) is 9.47. The van der Waals surface area contributed by atoms with Gasteiger partial charge in [-0.05, 0) is 19.4 Å². The molecule has 1 atom stereocenters. The van der Waals surface area contributed by atoms with E-state index in [1.54, 1.807) is 6.92 Å². The van der Waals surface area contributed by atoms with Crippen LogP contribution in [0.25, 0.3) is 0 Å². The van der Waals surface area contributed by atoms with Crippen molar-refractivity contribution in [1.82, 2.24) is 0 Å². The van der Waals surface area contributed by atoms with Gasteiger partial charge in [0.25, 0.3) is 0 Å². The second kappa shape index (κ2) is 7.82. The summed E-state index contributed by atoms with van der Waals surface area (Å²) in [6, 6.07) is 0. The van der Waals surface area contributed by atoms with E-state index < -0.39 is 0 Å². The number of carbonyl (C=O) groups is 1. The lowest BCUT2D eigenvalue weighted by atomic mass is 10.1. The summed E-state index contributed by atoms with van der Waals surface area (Å²) < 4.78 is 4.72. The van der Waals surface area contributed by atoms with Gasteiger partial charge in [-0.15, -0.1) is 12.4 Å². The van der Waals surface area contributed by atoms with E-state index in [4.69, 9.17) is 10.5 Å². The highest BCUT2D eigenvalue weighted by Crippen LogP contribution is 1.99. The topological polar surface area (TPSA) is 52.3 Å². The maximum atomic E-state index is 10.7. The molecule has 0 heterocycles. The molecule has 2 N–H and O–H groups in total.